The predicted molar refractivity (Wildman–Crippen MR) is 53.8 cm³/mol. The van der Waals surface area contributed by atoms with Crippen LogP contribution in [0.2, 0.25) is 0 Å². The first-order valence-corrected chi connectivity index (χ1v) is 5.06. The Balaban J connectivity index is 2.27. The second-order valence-corrected chi connectivity index (χ2v) is 4.11. The average Bonchev–Trinajstić information content (AvgIpc) is 2.67. The number of aromatic nitrogens is 2. The van der Waals surface area contributed by atoms with Gasteiger partial charge in [0.1, 0.15) is 0 Å². The van der Waals surface area contributed by atoms with Gasteiger partial charge >= 0.3 is 0 Å². The van der Waals surface area contributed by atoms with Crippen LogP contribution < -0.4 is 5.73 Å². The predicted octanol–water partition coefficient (Wildman–Crippen LogP) is 0.867. The van der Waals surface area contributed by atoms with Crippen LogP contribution in [0.5, 0.6) is 0 Å². The third-order valence-corrected chi connectivity index (χ3v) is 2.92. The van der Waals surface area contributed by atoms with Crippen LogP contribution in [-0.4, -0.2) is 22.8 Å². The largest absolute Gasteiger partial charge is 0.379 e. The minimum Gasteiger partial charge on any atom is -0.379 e. The summed E-state index contributed by atoms with van der Waals surface area (Å²) in [5.74, 6) is 0. The smallest absolute Gasteiger partial charge is 0.0954 e. The van der Waals surface area contributed by atoms with E-state index >= 15 is 0 Å². The van der Waals surface area contributed by atoms with Crippen molar-refractivity contribution in [1.82, 2.24) is 9.55 Å². The molecule has 1 atom stereocenters. The first-order valence-electron chi connectivity index (χ1n) is 5.06. The number of nitrogens with two attached hydrogens (primary N) is 1. The van der Waals surface area contributed by atoms with Gasteiger partial charge in [-0.05, 0) is 19.8 Å². The highest BCUT2D eigenvalue weighted by atomic mass is 16.5. The third kappa shape index (κ3) is 1.55. The number of ether oxygens (including phenoxy) is 1. The van der Waals surface area contributed by atoms with Crippen molar-refractivity contribution in [3.63, 3.8) is 0 Å². The number of rotatable bonds is 2. The molecule has 2 rings (SSSR count). The molecule has 0 aromatic carbocycles. The molecular formula is C10H17N3O. The van der Waals surface area contributed by atoms with Gasteiger partial charge < -0.3 is 15.0 Å². The van der Waals surface area contributed by atoms with E-state index in [1.807, 2.05) is 12.5 Å². The Morgan fingerprint density at radius 2 is 2.57 bits per heavy atom. The minimum atomic E-state index is 0.0451. The minimum absolute atomic E-state index is 0.0451. The van der Waals surface area contributed by atoms with Crippen molar-refractivity contribution in [3.05, 3.63) is 18.2 Å². The first kappa shape index (κ1) is 9.68. The van der Waals surface area contributed by atoms with Crippen molar-refractivity contribution >= 4 is 0 Å². The van der Waals surface area contributed by atoms with Crippen LogP contribution in [0.15, 0.2) is 12.5 Å². The zero-order chi connectivity index (χ0) is 10.0. The molecule has 1 aromatic rings. The molecule has 1 fully saturated rings. The lowest BCUT2D eigenvalue weighted by Crippen LogP contribution is -2.39. The molecular weight excluding hydrogens is 178 g/mol. The Labute approximate surface area is 84.1 Å². The van der Waals surface area contributed by atoms with Crippen LogP contribution in [-0.2, 0) is 16.8 Å². The quantitative estimate of drug-likeness (QED) is 0.761. The summed E-state index contributed by atoms with van der Waals surface area (Å²) in [4.78, 5) is 4.14. The highest BCUT2D eigenvalue weighted by molar-refractivity contribution is 5.03. The molecule has 1 unspecified atom stereocenters. The Morgan fingerprint density at radius 1 is 1.71 bits per heavy atom. The van der Waals surface area contributed by atoms with Gasteiger partial charge in [-0.25, -0.2) is 4.98 Å². The molecule has 1 aliphatic rings. The molecule has 1 aliphatic heterocycles. The highest BCUT2D eigenvalue weighted by Gasteiger charge is 2.30. The maximum atomic E-state index is 5.66. The summed E-state index contributed by atoms with van der Waals surface area (Å²) in [6, 6.07) is 0. The maximum Gasteiger partial charge on any atom is 0.0954 e. The Morgan fingerprint density at radius 3 is 3.21 bits per heavy atom. The van der Waals surface area contributed by atoms with Gasteiger partial charge in [-0.3, -0.25) is 0 Å². The molecule has 0 saturated carbocycles. The van der Waals surface area contributed by atoms with Crippen LogP contribution >= 0.6 is 0 Å². The van der Waals surface area contributed by atoms with Crippen molar-refractivity contribution in [2.45, 2.75) is 31.8 Å². The number of nitrogens with zero attached hydrogens (tertiary/aromatic N) is 2. The number of imidazole rings is 1. The second kappa shape index (κ2) is 3.71. The van der Waals surface area contributed by atoms with Crippen LogP contribution in [0.1, 0.15) is 25.5 Å². The fourth-order valence-corrected chi connectivity index (χ4v) is 2.07. The molecule has 1 aromatic heterocycles. The highest BCUT2D eigenvalue weighted by Crippen LogP contribution is 2.27. The molecule has 4 nitrogen and oxygen atoms in total. The molecule has 0 amide bonds. The van der Waals surface area contributed by atoms with Crippen molar-refractivity contribution in [2.24, 2.45) is 5.73 Å². The van der Waals surface area contributed by atoms with E-state index in [9.17, 15) is 0 Å². The van der Waals surface area contributed by atoms with Crippen molar-refractivity contribution in [1.29, 1.82) is 0 Å². The lowest BCUT2D eigenvalue weighted by molar-refractivity contribution is 0.00830. The first-order chi connectivity index (χ1) is 6.76. The second-order valence-electron chi connectivity index (χ2n) is 4.11. The normalized spacial score (nSPS) is 27.9. The summed E-state index contributed by atoms with van der Waals surface area (Å²) in [6.45, 7) is 4.38. The van der Waals surface area contributed by atoms with E-state index in [0.29, 0.717) is 6.54 Å². The Hall–Kier alpha value is -0.870. The summed E-state index contributed by atoms with van der Waals surface area (Å²) < 4.78 is 7.68. The van der Waals surface area contributed by atoms with Crippen LogP contribution in [0.25, 0.3) is 0 Å². The maximum absolute atomic E-state index is 5.66. The molecule has 14 heavy (non-hydrogen) atoms. The van der Waals surface area contributed by atoms with E-state index in [0.717, 1.165) is 31.7 Å². The van der Waals surface area contributed by atoms with Crippen LogP contribution in [0, 0.1) is 0 Å². The van der Waals surface area contributed by atoms with E-state index in [1.54, 1.807) is 0 Å². The summed E-state index contributed by atoms with van der Waals surface area (Å²) in [5.41, 5.74) is 6.79. The Kier molecular flexibility index (Phi) is 2.56. The molecule has 0 bridgehead atoms. The van der Waals surface area contributed by atoms with Gasteiger partial charge in [0.2, 0.25) is 0 Å². The molecule has 78 valence electrons. The van der Waals surface area contributed by atoms with E-state index < -0.39 is 0 Å². The van der Waals surface area contributed by atoms with Gasteiger partial charge in [-0.15, -0.1) is 0 Å². The molecule has 0 spiro atoms. The monoisotopic (exact) mass is 195 g/mol. The molecule has 2 heterocycles. The average molecular weight is 195 g/mol. The summed E-state index contributed by atoms with van der Waals surface area (Å²) in [5, 5.41) is 0. The van der Waals surface area contributed by atoms with E-state index in [4.69, 9.17) is 10.5 Å². The van der Waals surface area contributed by atoms with E-state index in [-0.39, 0.29) is 5.54 Å². The van der Waals surface area contributed by atoms with Gasteiger partial charge in [-0.1, -0.05) is 0 Å². The summed E-state index contributed by atoms with van der Waals surface area (Å²) >= 11 is 0. The van der Waals surface area contributed by atoms with Gasteiger partial charge in [0.15, 0.2) is 0 Å². The topological polar surface area (TPSA) is 53.1 Å². The molecule has 2 N–H and O–H groups in total. The van der Waals surface area contributed by atoms with Gasteiger partial charge in [0.25, 0.3) is 0 Å². The zero-order valence-corrected chi connectivity index (χ0v) is 8.57. The van der Waals surface area contributed by atoms with Crippen LogP contribution in [0.3, 0.4) is 0 Å². The molecule has 4 heteroatoms. The Bertz CT molecular complexity index is 302. The molecule has 0 radical (unpaired) electrons. The van der Waals surface area contributed by atoms with Crippen molar-refractivity contribution in [2.75, 3.05) is 13.2 Å². The fraction of sp³-hybridized carbons (Fsp3) is 0.700. The molecule has 0 aliphatic carbocycles. The van der Waals surface area contributed by atoms with Crippen molar-refractivity contribution in [3.8, 4) is 0 Å². The summed E-state index contributed by atoms with van der Waals surface area (Å²) in [6.07, 6.45) is 5.94. The van der Waals surface area contributed by atoms with Gasteiger partial charge in [-0.2, -0.15) is 0 Å². The number of hydrogen-bond acceptors (Lipinski definition) is 3. The van der Waals surface area contributed by atoms with Gasteiger partial charge in [0.05, 0.1) is 24.2 Å². The standard InChI is InChI=1S/C10H17N3O/c1-10(3-2-4-14-7-10)13-8-12-6-9(13)5-11/h6,8H,2-5,7,11H2,1H3. The third-order valence-electron chi connectivity index (χ3n) is 2.92. The van der Waals surface area contributed by atoms with Crippen LogP contribution in [0.4, 0.5) is 0 Å². The SMILES string of the molecule is CC1(n2cncc2CN)CCCOC1. The van der Waals surface area contributed by atoms with Crippen molar-refractivity contribution < 1.29 is 4.74 Å². The number of hydrogen-bond donors (Lipinski definition) is 1. The lowest BCUT2D eigenvalue weighted by atomic mass is 9.94. The lowest BCUT2D eigenvalue weighted by Gasteiger charge is -2.35. The zero-order valence-electron chi connectivity index (χ0n) is 8.57. The van der Waals surface area contributed by atoms with E-state index in [2.05, 4.69) is 16.5 Å². The van der Waals surface area contributed by atoms with Gasteiger partial charge in [0, 0.05) is 19.3 Å². The summed E-state index contributed by atoms with van der Waals surface area (Å²) in [7, 11) is 0. The fourth-order valence-electron chi connectivity index (χ4n) is 2.07. The molecule has 1 saturated heterocycles. The van der Waals surface area contributed by atoms with E-state index in [1.165, 1.54) is 0 Å².